The number of guanidine groups is 1. The maximum Gasteiger partial charge on any atom is 0.243 e. The number of hydrogen-bond acceptors (Lipinski definition) is 3. The van der Waals surface area contributed by atoms with Gasteiger partial charge in [0.15, 0.2) is 5.96 Å². The fraction of sp³-hybridized carbons (Fsp3) is 0.222. The van der Waals surface area contributed by atoms with Crippen molar-refractivity contribution in [2.24, 2.45) is 4.99 Å². The third kappa shape index (κ3) is 7.26. The van der Waals surface area contributed by atoms with Gasteiger partial charge in [0.25, 0.3) is 0 Å². The number of carbonyl (C=O) groups excluding carboxylic acids is 1. The van der Waals surface area contributed by atoms with Crippen molar-refractivity contribution in [3.63, 3.8) is 0 Å². The Balaban J connectivity index is 1.66. The van der Waals surface area contributed by atoms with Crippen LogP contribution in [-0.2, 0) is 4.79 Å². The highest BCUT2D eigenvalue weighted by Crippen LogP contribution is 2.15. The van der Waals surface area contributed by atoms with Crippen molar-refractivity contribution < 1.29 is 9.18 Å². The fourth-order valence-corrected chi connectivity index (χ4v) is 2.80. The minimum Gasteiger partial charge on any atom is -0.356 e. The lowest BCUT2D eigenvalue weighted by Gasteiger charge is -2.12. The van der Waals surface area contributed by atoms with Crippen LogP contribution in [0.25, 0.3) is 0 Å². The van der Waals surface area contributed by atoms with Crippen LogP contribution < -0.4 is 16.0 Å². The molecule has 2 aromatic carbocycles. The van der Waals surface area contributed by atoms with Crippen LogP contribution in [-0.4, -0.2) is 37.8 Å². The van der Waals surface area contributed by atoms with E-state index in [1.165, 1.54) is 17.0 Å². The Morgan fingerprint density at radius 3 is 2.64 bits per heavy atom. The second kappa shape index (κ2) is 10.4. The second-order valence-electron chi connectivity index (χ2n) is 5.07. The van der Waals surface area contributed by atoms with E-state index in [4.69, 9.17) is 0 Å². The summed E-state index contributed by atoms with van der Waals surface area (Å²) in [5, 5.41) is 8.70. The molecule has 1 amide bonds. The predicted molar refractivity (Wildman–Crippen MR) is 102 cm³/mol. The van der Waals surface area contributed by atoms with Crippen LogP contribution >= 0.6 is 11.8 Å². The zero-order valence-corrected chi connectivity index (χ0v) is 14.8. The van der Waals surface area contributed by atoms with Crippen molar-refractivity contribution in [3.05, 3.63) is 60.4 Å². The largest absolute Gasteiger partial charge is 0.356 e. The monoisotopic (exact) mass is 360 g/mol. The summed E-state index contributed by atoms with van der Waals surface area (Å²) in [6.07, 6.45) is 0. The van der Waals surface area contributed by atoms with Gasteiger partial charge in [-0.25, -0.2) is 4.39 Å². The molecule has 132 valence electrons. The maximum absolute atomic E-state index is 13.1. The molecule has 25 heavy (non-hydrogen) atoms. The standard InChI is InChI=1S/C18H21FN4OS/c1-20-18(21-10-11-25-16-8-3-2-4-9-16)22-13-17(24)23-15-7-5-6-14(19)12-15/h2-9,12H,10-11,13H2,1H3,(H,23,24)(H2,20,21,22). The zero-order chi connectivity index (χ0) is 17.9. The molecule has 2 aromatic rings. The highest BCUT2D eigenvalue weighted by Gasteiger charge is 2.05. The number of carbonyl (C=O) groups is 1. The van der Waals surface area contributed by atoms with Gasteiger partial charge in [-0.2, -0.15) is 0 Å². The Kier molecular flexibility index (Phi) is 7.78. The van der Waals surface area contributed by atoms with E-state index < -0.39 is 0 Å². The average Bonchev–Trinajstić information content (AvgIpc) is 2.62. The summed E-state index contributed by atoms with van der Waals surface area (Å²) in [4.78, 5) is 17.2. The first-order chi connectivity index (χ1) is 12.2. The van der Waals surface area contributed by atoms with Gasteiger partial charge in [-0.15, -0.1) is 11.8 Å². The summed E-state index contributed by atoms with van der Waals surface area (Å²) >= 11 is 1.74. The molecule has 0 unspecified atom stereocenters. The minimum absolute atomic E-state index is 0.0437. The quantitative estimate of drug-likeness (QED) is 0.307. The first-order valence-electron chi connectivity index (χ1n) is 7.85. The Labute approximate surface area is 151 Å². The second-order valence-corrected chi connectivity index (χ2v) is 6.24. The van der Waals surface area contributed by atoms with Gasteiger partial charge < -0.3 is 16.0 Å². The summed E-state index contributed by atoms with van der Waals surface area (Å²) in [7, 11) is 1.64. The molecule has 0 fully saturated rings. The molecule has 0 saturated carbocycles. The lowest BCUT2D eigenvalue weighted by atomic mass is 10.3. The van der Waals surface area contributed by atoms with Crippen molar-refractivity contribution in [3.8, 4) is 0 Å². The molecule has 0 aliphatic rings. The molecule has 5 nitrogen and oxygen atoms in total. The molecule has 3 N–H and O–H groups in total. The normalized spacial score (nSPS) is 11.0. The molecular weight excluding hydrogens is 339 g/mol. The molecule has 0 saturated heterocycles. The van der Waals surface area contributed by atoms with E-state index >= 15 is 0 Å². The van der Waals surface area contributed by atoms with Gasteiger partial charge in [-0.3, -0.25) is 9.79 Å². The third-order valence-corrected chi connectivity index (χ3v) is 4.17. The van der Waals surface area contributed by atoms with Crippen molar-refractivity contribution in [2.45, 2.75) is 4.90 Å². The summed E-state index contributed by atoms with van der Waals surface area (Å²) in [5.74, 6) is 0.759. The number of nitrogens with one attached hydrogen (secondary N) is 3. The molecule has 0 heterocycles. The number of aliphatic imine (C=N–C) groups is 1. The highest BCUT2D eigenvalue weighted by atomic mass is 32.2. The SMILES string of the molecule is CN=C(NCCSc1ccccc1)NCC(=O)Nc1cccc(F)c1. The Morgan fingerprint density at radius 2 is 1.92 bits per heavy atom. The van der Waals surface area contributed by atoms with Gasteiger partial charge in [0.05, 0.1) is 6.54 Å². The zero-order valence-electron chi connectivity index (χ0n) is 14.0. The Bertz CT molecular complexity index is 709. The molecule has 0 aliphatic carbocycles. The number of benzene rings is 2. The summed E-state index contributed by atoms with van der Waals surface area (Å²) < 4.78 is 13.1. The Morgan fingerprint density at radius 1 is 1.12 bits per heavy atom. The van der Waals surface area contributed by atoms with E-state index in [-0.39, 0.29) is 18.3 Å². The van der Waals surface area contributed by atoms with Crippen LogP contribution in [0.4, 0.5) is 10.1 Å². The fourth-order valence-electron chi connectivity index (χ4n) is 2.01. The van der Waals surface area contributed by atoms with Crippen molar-refractivity contribution in [1.29, 1.82) is 0 Å². The van der Waals surface area contributed by atoms with E-state index in [2.05, 4.69) is 33.1 Å². The van der Waals surface area contributed by atoms with Gasteiger partial charge in [0.1, 0.15) is 5.82 Å². The number of thioether (sulfide) groups is 1. The molecule has 0 radical (unpaired) electrons. The molecule has 0 aromatic heterocycles. The van der Waals surface area contributed by atoms with Gasteiger partial charge in [-0.05, 0) is 30.3 Å². The predicted octanol–water partition coefficient (Wildman–Crippen LogP) is 2.72. The van der Waals surface area contributed by atoms with Crippen LogP contribution in [0.1, 0.15) is 0 Å². The lowest BCUT2D eigenvalue weighted by Crippen LogP contribution is -2.42. The minimum atomic E-state index is -0.390. The van der Waals surface area contributed by atoms with Gasteiger partial charge in [0, 0.05) is 29.9 Å². The van der Waals surface area contributed by atoms with Crippen molar-refractivity contribution >= 4 is 29.3 Å². The van der Waals surface area contributed by atoms with Crippen LogP contribution in [0.5, 0.6) is 0 Å². The first-order valence-corrected chi connectivity index (χ1v) is 8.84. The summed E-state index contributed by atoms with van der Waals surface area (Å²) in [5.41, 5.74) is 0.425. The van der Waals surface area contributed by atoms with Crippen LogP contribution in [0, 0.1) is 5.82 Å². The molecule has 0 aliphatic heterocycles. The number of anilines is 1. The molecule has 0 atom stereocenters. The summed E-state index contributed by atoms with van der Waals surface area (Å²) in [6, 6.07) is 15.9. The van der Waals surface area contributed by atoms with Gasteiger partial charge in [-0.1, -0.05) is 24.3 Å². The van der Waals surface area contributed by atoms with Crippen LogP contribution in [0.3, 0.4) is 0 Å². The maximum atomic E-state index is 13.1. The van der Waals surface area contributed by atoms with Gasteiger partial charge in [0.2, 0.25) is 5.91 Å². The smallest absolute Gasteiger partial charge is 0.243 e. The van der Waals surface area contributed by atoms with E-state index in [0.29, 0.717) is 18.2 Å². The lowest BCUT2D eigenvalue weighted by molar-refractivity contribution is -0.115. The van der Waals surface area contributed by atoms with E-state index in [0.717, 1.165) is 5.75 Å². The number of hydrogen-bond donors (Lipinski definition) is 3. The third-order valence-electron chi connectivity index (χ3n) is 3.15. The number of amides is 1. The van der Waals surface area contributed by atoms with E-state index in [1.807, 2.05) is 18.2 Å². The molecular formula is C18H21FN4OS. The molecule has 2 rings (SSSR count). The van der Waals surface area contributed by atoms with E-state index in [1.54, 1.807) is 30.9 Å². The molecule has 0 spiro atoms. The first kappa shape index (κ1) is 18.8. The van der Waals surface area contributed by atoms with Gasteiger partial charge >= 0.3 is 0 Å². The van der Waals surface area contributed by atoms with Crippen molar-refractivity contribution in [2.75, 3.05) is 31.2 Å². The topological polar surface area (TPSA) is 65.5 Å². The summed E-state index contributed by atoms with van der Waals surface area (Å²) in [6.45, 7) is 0.757. The number of rotatable bonds is 7. The number of halogens is 1. The van der Waals surface area contributed by atoms with Crippen molar-refractivity contribution in [1.82, 2.24) is 10.6 Å². The molecule has 0 bridgehead atoms. The molecule has 7 heteroatoms. The van der Waals surface area contributed by atoms with E-state index in [9.17, 15) is 9.18 Å². The average molecular weight is 360 g/mol. The Hall–Kier alpha value is -2.54. The number of nitrogens with zero attached hydrogens (tertiary/aromatic N) is 1. The highest BCUT2D eigenvalue weighted by molar-refractivity contribution is 7.99. The van der Waals surface area contributed by atoms with Crippen LogP contribution in [0.2, 0.25) is 0 Å². The van der Waals surface area contributed by atoms with Crippen LogP contribution in [0.15, 0.2) is 64.5 Å².